The van der Waals surface area contributed by atoms with Crippen molar-refractivity contribution in [3.8, 4) is 5.75 Å². The Labute approximate surface area is 101 Å². The smallest absolute Gasteiger partial charge is 0.119 e. The van der Waals surface area contributed by atoms with Gasteiger partial charge in [-0.25, -0.2) is 0 Å². The van der Waals surface area contributed by atoms with Crippen molar-refractivity contribution in [1.82, 2.24) is 0 Å². The van der Waals surface area contributed by atoms with Crippen LogP contribution in [0.3, 0.4) is 0 Å². The second-order valence-corrected chi connectivity index (χ2v) is 5.01. The van der Waals surface area contributed by atoms with E-state index in [0.717, 1.165) is 37.2 Å². The standard InChI is InChI=1S/C14H18O3/c1-16-12-3-2-10-4-6-14(15,13(10)8-12)11-5-7-17-9-11/h2-3,8,11,15H,4-7,9H2,1H3. The molecule has 2 aliphatic rings. The quantitative estimate of drug-likeness (QED) is 0.849. The Morgan fingerprint density at radius 3 is 3.06 bits per heavy atom. The van der Waals surface area contributed by atoms with Gasteiger partial charge in [0.15, 0.2) is 0 Å². The molecule has 3 nitrogen and oxygen atoms in total. The molecule has 92 valence electrons. The van der Waals surface area contributed by atoms with Gasteiger partial charge in [0.1, 0.15) is 5.75 Å². The Kier molecular flexibility index (Phi) is 2.60. The summed E-state index contributed by atoms with van der Waals surface area (Å²) >= 11 is 0. The van der Waals surface area contributed by atoms with Crippen LogP contribution in [0.15, 0.2) is 18.2 Å². The van der Waals surface area contributed by atoms with Gasteiger partial charge in [0, 0.05) is 12.5 Å². The molecule has 0 spiro atoms. The second-order valence-electron chi connectivity index (χ2n) is 5.01. The summed E-state index contributed by atoms with van der Waals surface area (Å²) in [6, 6.07) is 6.03. The molecule has 1 N–H and O–H groups in total. The van der Waals surface area contributed by atoms with E-state index in [4.69, 9.17) is 9.47 Å². The highest BCUT2D eigenvalue weighted by molar-refractivity contribution is 5.43. The molecule has 2 atom stereocenters. The van der Waals surface area contributed by atoms with Crippen LogP contribution in [0.2, 0.25) is 0 Å². The molecule has 0 aromatic heterocycles. The predicted octanol–water partition coefficient (Wildman–Crippen LogP) is 1.87. The summed E-state index contributed by atoms with van der Waals surface area (Å²) in [7, 11) is 1.66. The lowest BCUT2D eigenvalue weighted by atomic mass is 9.82. The highest BCUT2D eigenvalue weighted by atomic mass is 16.5. The number of rotatable bonds is 2. The Bertz CT molecular complexity index is 423. The monoisotopic (exact) mass is 234 g/mol. The van der Waals surface area contributed by atoms with Crippen LogP contribution in [0.4, 0.5) is 0 Å². The normalized spacial score (nSPS) is 31.5. The van der Waals surface area contributed by atoms with Gasteiger partial charge in [-0.1, -0.05) is 6.07 Å². The molecule has 17 heavy (non-hydrogen) atoms. The van der Waals surface area contributed by atoms with E-state index in [1.807, 2.05) is 12.1 Å². The fourth-order valence-corrected chi connectivity index (χ4v) is 3.10. The summed E-state index contributed by atoms with van der Waals surface area (Å²) in [6.07, 6.45) is 2.71. The molecule has 2 unspecified atom stereocenters. The largest absolute Gasteiger partial charge is 0.497 e. The molecule has 0 bridgehead atoms. The first-order chi connectivity index (χ1) is 8.24. The SMILES string of the molecule is COc1ccc2c(c1)C(O)(C1CCOC1)CC2. The third-order valence-corrected chi connectivity index (χ3v) is 4.16. The molecule has 0 saturated carbocycles. The number of hydrogen-bond donors (Lipinski definition) is 1. The third kappa shape index (κ3) is 1.65. The van der Waals surface area contributed by atoms with Gasteiger partial charge in [-0.2, -0.15) is 0 Å². The van der Waals surface area contributed by atoms with E-state index < -0.39 is 5.60 Å². The van der Waals surface area contributed by atoms with Crippen LogP contribution >= 0.6 is 0 Å². The maximum Gasteiger partial charge on any atom is 0.119 e. The number of benzene rings is 1. The molecule has 3 heteroatoms. The number of aliphatic hydroxyl groups is 1. The van der Waals surface area contributed by atoms with Crippen molar-refractivity contribution in [3.05, 3.63) is 29.3 Å². The highest BCUT2D eigenvalue weighted by Gasteiger charge is 2.45. The number of methoxy groups -OCH3 is 1. The number of fused-ring (bicyclic) bond motifs is 1. The van der Waals surface area contributed by atoms with E-state index >= 15 is 0 Å². The number of hydrogen-bond acceptors (Lipinski definition) is 3. The Morgan fingerprint density at radius 2 is 2.35 bits per heavy atom. The minimum atomic E-state index is -0.708. The minimum absolute atomic E-state index is 0.232. The van der Waals surface area contributed by atoms with Crippen LogP contribution < -0.4 is 4.74 Å². The van der Waals surface area contributed by atoms with Crippen LogP contribution in [0.5, 0.6) is 5.75 Å². The summed E-state index contributed by atoms with van der Waals surface area (Å²) in [5.41, 5.74) is 1.59. The first-order valence-corrected chi connectivity index (χ1v) is 6.21. The van der Waals surface area contributed by atoms with Crippen molar-refractivity contribution in [1.29, 1.82) is 0 Å². The zero-order chi connectivity index (χ0) is 11.9. The molecule has 1 aliphatic carbocycles. The summed E-state index contributed by atoms with van der Waals surface area (Å²) in [5.74, 6) is 1.05. The Balaban J connectivity index is 2.00. The van der Waals surface area contributed by atoms with E-state index in [1.165, 1.54) is 5.56 Å². The van der Waals surface area contributed by atoms with Gasteiger partial charge in [0.25, 0.3) is 0 Å². The fraction of sp³-hybridized carbons (Fsp3) is 0.571. The molecular weight excluding hydrogens is 216 g/mol. The molecule has 1 aliphatic heterocycles. The zero-order valence-corrected chi connectivity index (χ0v) is 10.1. The van der Waals surface area contributed by atoms with Gasteiger partial charge >= 0.3 is 0 Å². The minimum Gasteiger partial charge on any atom is -0.497 e. The summed E-state index contributed by atoms with van der Waals surface area (Å²) in [4.78, 5) is 0. The summed E-state index contributed by atoms with van der Waals surface area (Å²) in [6.45, 7) is 1.44. The zero-order valence-electron chi connectivity index (χ0n) is 10.1. The van der Waals surface area contributed by atoms with Crippen LogP contribution in [0.25, 0.3) is 0 Å². The molecule has 1 aromatic carbocycles. The van der Waals surface area contributed by atoms with Gasteiger partial charge in [-0.05, 0) is 42.5 Å². The van der Waals surface area contributed by atoms with Crippen molar-refractivity contribution < 1.29 is 14.6 Å². The van der Waals surface area contributed by atoms with Crippen molar-refractivity contribution in [3.63, 3.8) is 0 Å². The summed E-state index contributed by atoms with van der Waals surface area (Å²) < 4.78 is 10.7. The van der Waals surface area contributed by atoms with Crippen molar-refractivity contribution >= 4 is 0 Å². The lowest BCUT2D eigenvalue weighted by Crippen LogP contribution is -2.33. The fourth-order valence-electron chi connectivity index (χ4n) is 3.10. The molecule has 1 aromatic rings. The molecule has 0 radical (unpaired) electrons. The molecule has 1 saturated heterocycles. The first kappa shape index (κ1) is 11.1. The molecule has 0 amide bonds. The van der Waals surface area contributed by atoms with Gasteiger partial charge in [0.2, 0.25) is 0 Å². The van der Waals surface area contributed by atoms with Crippen LogP contribution in [0, 0.1) is 5.92 Å². The molecule has 3 rings (SSSR count). The van der Waals surface area contributed by atoms with Gasteiger partial charge < -0.3 is 14.6 Å². The van der Waals surface area contributed by atoms with Crippen LogP contribution in [-0.4, -0.2) is 25.4 Å². The van der Waals surface area contributed by atoms with Gasteiger partial charge in [-0.3, -0.25) is 0 Å². The number of aryl methyl sites for hydroxylation is 1. The predicted molar refractivity (Wildman–Crippen MR) is 64.1 cm³/mol. The average molecular weight is 234 g/mol. The van der Waals surface area contributed by atoms with E-state index in [2.05, 4.69) is 6.07 Å². The van der Waals surface area contributed by atoms with Gasteiger partial charge in [0.05, 0.1) is 19.3 Å². The lowest BCUT2D eigenvalue weighted by molar-refractivity contribution is -0.0255. The van der Waals surface area contributed by atoms with Gasteiger partial charge in [-0.15, -0.1) is 0 Å². The highest BCUT2D eigenvalue weighted by Crippen LogP contribution is 2.46. The van der Waals surface area contributed by atoms with Crippen LogP contribution in [0.1, 0.15) is 24.0 Å². The van der Waals surface area contributed by atoms with E-state index in [0.29, 0.717) is 6.61 Å². The maximum absolute atomic E-state index is 10.9. The van der Waals surface area contributed by atoms with Crippen molar-refractivity contribution in [2.75, 3.05) is 20.3 Å². The van der Waals surface area contributed by atoms with E-state index in [1.54, 1.807) is 7.11 Å². The van der Waals surface area contributed by atoms with Crippen molar-refractivity contribution in [2.24, 2.45) is 5.92 Å². The topological polar surface area (TPSA) is 38.7 Å². The van der Waals surface area contributed by atoms with E-state index in [9.17, 15) is 5.11 Å². The maximum atomic E-state index is 10.9. The second kappa shape index (κ2) is 4.00. The number of ether oxygens (including phenoxy) is 2. The summed E-state index contributed by atoms with van der Waals surface area (Å²) in [5, 5.41) is 10.9. The third-order valence-electron chi connectivity index (χ3n) is 4.16. The van der Waals surface area contributed by atoms with Crippen LogP contribution in [-0.2, 0) is 16.8 Å². The first-order valence-electron chi connectivity index (χ1n) is 6.21. The molecule has 1 fully saturated rings. The Hall–Kier alpha value is -1.06. The molecular formula is C14H18O3. The van der Waals surface area contributed by atoms with Crippen molar-refractivity contribution in [2.45, 2.75) is 24.9 Å². The molecule has 1 heterocycles. The lowest BCUT2D eigenvalue weighted by Gasteiger charge is -2.30. The Morgan fingerprint density at radius 1 is 1.47 bits per heavy atom. The average Bonchev–Trinajstić information content (AvgIpc) is 2.98. The van der Waals surface area contributed by atoms with E-state index in [-0.39, 0.29) is 5.92 Å².